The molecule has 0 saturated carbocycles. The first-order valence-corrected chi connectivity index (χ1v) is 6.70. The van der Waals surface area contributed by atoms with Crippen molar-refractivity contribution in [2.75, 3.05) is 19.6 Å². The molecule has 1 rings (SSSR count). The molecule has 3 N–H and O–H groups in total. The van der Waals surface area contributed by atoms with E-state index in [1.165, 1.54) is 9.80 Å². The number of carboxylic acid groups (broad SMARTS) is 1. The number of piperidine rings is 1. The molecule has 1 atom stereocenters. The molecule has 0 bridgehead atoms. The van der Waals surface area contributed by atoms with Gasteiger partial charge in [-0.15, -0.1) is 0 Å². The molecule has 0 radical (unpaired) electrons. The molecule has 1 unspecified atom stereocenters. The van der Waals surface area contributed by atoms with Gasteiger partial charge in [0.2, 0.25) is 5.91 Å². The zero-order valence-electron chi connectivity index (χ0n) is 12.3. The molecule has 1 saturated heterocycles. The van der Waals surface area contributed by atoms with Crippen LogP contribution in [-0.2, 0) is 9.59 Å². The van der Waals surface area contributed by atoms with E-state index in [9.17, 15) is 14.4 Å². The van der Waals surface area contributed by atoms with Crippen molar-refractivity contribution in [1.82, 2.24) is 9.80 Å². The smallest absolute Gasteiger partial charge is 0.323 e. The van der Waals surface area contributed by atoms with Gasteiger partial charge in [-0.1, -0.05) is 0 Å². The number of rotatable bonds is 3. The lowest BCUT2D eigenvalue weighted by Gasteiger charge is -2.39. The third-order valence-electron chi connectivity index (χ3n) is 3.45. The van der Waals surface area contributed by atoms with Gasteiger partial charge in [-0.25, -0.2) is 4.79 Å². The molecule has 1 aliphatic heterocycles. The van der Waals surface area contributed by atoms with Crippen molar-refractivity contribution < 1.29 is 19.5 Å². The number of hydrogen-bond donors (Lipinski definition) is 2. The first-order valence-electron chi connectivity index (χ1n) is 6.70. The summed E-state index contributed by atoms with van der Waals surface area (Å²) in [5.41, 5.74) is 4.66. The number of primary amides is 1. The second-order valence-electron chi connectivity index (χ2n) is 6.11. The zero-order valence-corrected chi connectivity index (χ0v) is 12.3. The maximum Gasteiger partial charge on any atom is 0.323 e. The predicted molar refractivity (Wildman–Crippen MR) is 73.0 cm³/mol. The SMILES string of the molecule is CC(C)(C)N(CC(=O)O)C(=O)C1CCCN(C(N)=O)C1. The summed E-state index contributed by atoms with van der Waals surface area (Å²) in [7, 11) is 0. The zero-order chi connectivity index (χ0) is 15.5. The van der Waals surface area contributed by atoms with Crippen molar-refractivity contribution in [2.24, 2.45) is 11.7 Å². The molecular weight excluding hydrogens is 262 g/mol. The normalized spacial score (nSPS) is 19.6. The van der Waals surface area contributed by atoms with Gasteiger partial charge in [0, 0.05) is 18.6 Å². The van der Waals surface area contributed by atoms with Crippen LogP contribution in [0.25, 0.3) is 0 Å². The number of nitrogens with zero attached hydrogens (tertiary/aromatic N) is 2. The number of carbonyl (C=O) groups is 3. The molecule has 20 heavy (non-hydrogen) atoms. The molecule has 1 aliphatic rings. The average Bonchev–Trinajstić information content (AvgIpc) is 2.33. The van der Waals surface area contributed by atoms with Gasteiger partial charge in [-0.2, -0.15) is 0 Å². The van der Waals surface area contributed by atoms with Gasteiger partial charge >= 0.3 is 12.0 Å². The third-order valence-corrected chi connectivity index (χ3v) is 3.45. The second-order valence-corrected chi connectivity index (χ2v) is 6.11. The quantitative estimate of drug-likeness (QED) is 0.787. The molecule has 0 aromatic carbocycles. The Bertz CT molecular complexity index is 403. The van der Waals surface area contributed by atoms with Crippen LogP contribution in [0.2, 0.25) is 0 Å². The van der Waals surface area contributed by atoms with Crippen molar-refractivity contribution >= 4 is 17.9 Å². The fraction of sp³-hybridized carbons (Fsp3) is 0.769. The standard InChI is InChI=1S/C13H23N3O4/c1-13(2,3)16(8-10(17)18)11(19)9-5-4-6-15(7-9)12(14)20/h9H,4-8H2,1-3H3,(H2,14,20)(H,17,18). The van der Waals surface area contributed by atoms with Gasteiger partial charge in [0.25, 0.3) is 0 Å². The van der Waals surface area contributed by atoms with Crippen LogP contribution in [0.1, 0.15) is 33.6 Å². The van der Waals surface area contributed by atoms with Crippen LogP contribution >= 0.6 is 0 Å². The van der Waals surface area contributed by atoms with Crippen LogP contribution in [0.3, 0.4) is 0 Å². The van der Waals surface area contributed by atoms with E-state index in [1.807, 2.05) is 0 Å². The number of carboxylic acids is 1. The summed E-state index contributed by atoms with van der Waals surface area (Å²) in [5.74, 6) is -1.66. The van der Waals surface area contributed by atoms with Gasteiger partial charge in [0.1, 0.15) is 6.54 Å². The molecule has 7 nitrogen and oxygen atoms in total. The van der Waals surface area contributed by atoms with Gasteiger partial charge < -0.3 is 20.6 Å². The number of hydrogen-bond acceptors (Lipinski definition) is 3. The van der Waals surface area contributed by atoms with E-state index in [-0.39, 0.29) is 24.9 Å². The van der Waals surface area contributed by atoms with E-state index in [2.05, 4.69) is 0 Å². The Morgan fingerprint density at radius 3 is 2.40 bits per heavy atom. The third kappa shape index (κ3) is 4.11. The van der Waals surface area contributed by atoms with Gasteiger partial charge in [-0.05, 0) is 33.6 Å². The largest absolute Gasteiger partial charge is 0.480 e. The van der Waals surface area contributed by atoms with Crippen LogP contribution in [0.4, 0.5) is 4.79 Å². The van der Waals surface area contributed by atoms with E-state index >= 15 is 0 Å². The fourth-order valence-corrected chi connectivity index (χ4v) is 2.38. The Hall–Kier alpha value is -1.79. The molecule has 0 aromatic heterocycles. The summed E-state index contributed by atoms with van der Waals surface area (Å²) < 4.78 is 0. The Morgan fingerprint density at radius 2 is 1.95 bits per heavy atom. The highest BCUT2D eigenvalue weighted by atomic mass is 16.4. The number of aliphatic carboxylic acids is 1. The number of carbonyl (C=O) groups excluding carboxylic acids is 2. The van der Waals surface area contributed by atoms with Crippen LogP contribution in [0.5, 0.6) is 0 Å². The minimum Gasteiger partial charge on any atom is -0.480 e. The van der Waals surface area contributed by atoms with Crippen LogP contribution in [-0.4, -0.2) is 58.0 Å². The fourth-order valence-electron chi connectivity index (χ4n) is 2.38. The van der Waals surface area contributed by atoms with Gasteiger partial charge in [-0.3, -0.25) is 9.59 Å². The average molecular weight is 285 g/mol. The molecule has 3 amide bonds. The van der Waals surface area contributed by atoms with E-state index in [1.54, 1.807) is 20.8 Å². The number of urea groups is 1. The molecule has 1 heterocycles. The summed E-state index contributed by atoms with van der Waals surface area (Å²) in [5, 5.41) is 8.96. The first kappa shape index (κ1) is 16.3. The highest BCUT2D eigenvalue weighted by molar-refractivity contribution is 5.84. The topological polar surface area (TPSA) is 104 Å². The van der Waals surface area contributed by atoms with E-state index in [4.69, 9.17) is 10.8 Å². The van der Waals surface area contributed by atoms with E-state index in [0.29, 0.717) is 19.4 Å². The minimum atomic E-state index is -1.05. The lowest BCUT2D eigenvalue weighted by molar-refractivity contribution is -0.151. The summed E-state index contributed by atoms with van der Waals surface area (Å²) in [6, 6.07) is -0.539. The Morgan fingerprint density at radius 1 is 1.35 bits per heavy atom. The summed E-state index contributed by atoms with van der Waals surface area (Å²) in [6.07, 6.45) is 1.35. The summed E-state index contributed by atoms with van der Waals surface area (Å²) in [6.45, 7) is 5.86. The van der Waals surface area contributed by atoms with Crippen LogP contribution in [0.15, 0.2) is 0 Å². The van der Waals surface area contributed by atoms with Crippen molar-refractivity contribution in [3.8, 4) is 0 Å². The summed E-state index contributed by atoms with van der Waals surface area (Å²) in [4.78, 5) is 37.5. The monoisotopic (exact) mass is 285 g/mol. The van der Waals surface area contributed by atoms with E-state index in [0.717, 1.165) is 0 Å². The van der Waals surface area contributed by atoms with Crippen molar-refractivity contribution in [1.29, 1.82) is 0 Å². The molecule has 0 aliphatic carbocycles. The minimum absolute atomic E-state index is 0.231. The maximum absolute atomic E-state index is 12.5. The van der Waals surface area contributed by atoms with E-state index < -0.39 is 17.5 Å². The van der Waals surface area contributed by atoms with Gasteiger partial charge in [0.15, 0.2) is 0 Å². The van der Waals surface area contributed by atoms with Gasteiger partial charge in [0.05, 0.1) is 5.92 Å². The number of amides is 3. The van der Waals surface area contributed by atoms with Crippen molar-refractivity contribution in [3.05, 3.63) is 0 Å². The highest BCUT2D eigenvalue weighted by Crippen LogP contribution is 2.23. The predicted octanol–water partition coefficient (Wildman–Crippen LogP) is 0.489. The van der Waals surface area contributed by atoms with Crippen LogP contribution in [0, 0.1) is 5.92 Å². The van der Waals surface area contributed by atoms with Crippen molar-refractivity contribution in [2.45, 2.75) is 39.2 Å². The lowest BCUT2D eigenvalue weighted by atomic mass is 9.94. The highest BCUT2D eigenvalue weighted by Gasteiger charge is 2.35. The second kappa shape index (κ2) is 6.11. The molecule has 0 spiro atoms. The number of likely N-dealkylation sites (tertiary alicyclic amines) is 1. The molecule has 114 valence electrons. The Kier molecular flexibility index (Phi) is 4.97. The molecule has 0 aromatic rings. The first-order chi connectivity index (χ1) is 9.12. The number of nitrogens with two attached hydrogens (primary N) is 1. The molecule has 7 heteroatoms. The Balaban J connectivity index is 2.83. The Labute approximate surface area is 118 Å². The van der Waals surface area contributed by atoms with Crippen molar-refractivity contribution in [3.63, 3.8) is 0 Å². The molecular formula is C13H23N3O4. The maximum atomic E-state index is 12.5. The molecule has 1 fully saturated rings. The lowest BCUT2D eigenvalue weighted by Crippen LogP contribution is -2.54. The summed E-state index contributed by atoms with van der Waals surface area (Å²) >= 11 is 0. The van der Waals surface area contributed by atoms with Crippen LogP contribution < -0.4 is 5.73 Å².